The lowest BCUT2D eigenvalue weighted by Crippen LogP contribution is -2.49. The van der Waals surface area contributed by atoms with Gasteiger partial charge in [0.2, 0.25) is 11.9 Å². The van der Waals surface area contributed by atoms with Crippen LogP contribution in [0.1, 0.15) is 12.0 Å². The minimum atomic E-state index is 0.166. The molecule has 1 aromatic heterocycles. The lowest BCUT2D eigenvalue weighted by molar-refractivity contribution is -0.131. The molecule has 2 aromatic rings. The summed E-state index contributed by atoms with van der Waals surface area (Å²) in [6.45, 7) is 5.49. The zero-order chi connectivity index (χ0) is 17.6. The minimum absolute atomic E-state index is 0.166. The SMILES string of the molecule is Cc1ccc(NCCC(=O)N2CCN(c3ncccn3)CC2)cc1Cl. The van der Waals surface area contributed by atoms with Gasteiger partial charge in [0, 0.05) is 62.2 Å². The Bertz CT molecular complexity index is 717. The Balaban J connectivity index is 1.43. The molecule has 7 heteroatoms. The number of aromatic nitrogens is 2. The fourth-order valence-electron chi connectivity index (χ4n) is 2.79. The Morgan fingerprint density at radius 3 is 2.60 bits per heavy atom. The predicted molar refractivity (Wildman–Crippen MR) is 100 cm³/mol. The van der Waals surface area contributed by atoms with E-state index >= 15 is 0 Å². The number of piperazine rings is 1. The summed E-state index contributed by atoms with van der Waals surface area (Å²) in [7, 11) is 0. The number of carbonyl (C=O) groups excluding carboxylic acids is 1. The Morgan fingerprint density at radius 2 is 1.92 bits per heavy atom. The van der Waals surface area contributed by atoms with Crippen LogP contribution in [0.3, 0.4) is 0 Å². The first-order valence-corrected chi connectivity index (χ1v) is 8.81. The molecule has 1 saturated heterocycles. The highest BCUT2D eigenvalue weighted by Gasteiger charge is 2.21. The number of nitrogens with one attached hydrogen (secondary N) is 1. The van der Waals surface area contributed by atoms with Crippen molar-refractivity contribution in [2.75, 3.05) is 42.9 Å². The number of rotatable bonds is 5. The van der Waals surface area contributed by atoms with Crippen LogP contribution in [-0.2, 0) is 4.79 Å². The number of hydrogen-bond donors (Lipinski definition) is 1. The van der Waals surface area contributed by atoms with Gasteiger partial charge in [-0.05, 0) is 30.7 Å². The van der Waals surface area contributed by atoms with Crippen LogP contribution in [0.15, 0.2) is 36.7 Å². The molecule has 6 nitrogen and oxygen atoms in total. The Labute approximate surface area is 152 Å². The summed E-state index contributed by atoms with van der Waals surface area (Å²) in [5, 5.41) is 3.99. The quantitative estimate of drug-likeness (QED) is 0.889. The summed E-state index contributed by atoms with van der Waals surface area (Å²) in [6.07, 6.45) is 3.94. The van der Waals surface area contributed by atoms with Crippen molar-refractivity contribution in [1.29, 1.82) is 0 Å². The van der Waals surface area contributed by atoms with E-state index in [0.717, 1.165) is 35.3 Å². The first kappa shape index (κ1) is 17.5. The highest BCUT2D eigenvalue weighted by atomic mass is 35.5. The van der Waals surface area contributed by atoms with E-state index in [1.54, 1.807) is 18.5 Å². The maximum Gasteiger partial charge on any atom is 0.225 e. The second-order valence-electron chi connectivity index (χ2n) is 6.06. The second-order valence-corrected chi connectivity index (χ2v) is 6.46. The summed E-state index contributed by atoms with van der Waals surface area (Å²) in [6, 6.07) is 7.64. The summed E-state index contributed by atoms with van der Waals surface area (Å²) < 4.78 is 0. The van der Waals surface area contributed by atoms with Crippen LogP contribution in [0.5, 0.6) is 0 Å². The minimum Gasteiger partial charge on any atom is -0.384 e. The molecule has 0 bridgehead atoms. The second kappa shape index (κ2) is 8.16. The normalized spacial score (nSPS) is 14.5. The number of amides is 1. The average Bonchev–Trinajstić information content (AvgIpc) is 2.65. The Hall–Kier alpha value is -2.34. The molecule has 0 radical (unpaired) electrons. The van der Waals surface area contributed by atoms with Gasteiger partial charge in [-0.2, -0.15) is 0 Å². The summed E-state index contributed by atoms with van der Waals surface area (Å²) in [5.41, 5.74) is 1.98. The van der Waals surface area contributed by atoms with Crippen LogP contribution in [0.2, 0.25) is 5.02 Å². The first-order valence-electron chi connectivity index (χ1n) is 8.43. The van der Waals surface area contributed by atoms with E-state index in [1.807, 2.05) is 30.0 Å². The highest BCUT2D eigenvalue weighted by molar-refractivity contribution is 6.31. The van der Waals surface area contributed by atoms with Crippen LogP contribution in [0, 0.1) is 6.92 Å². The van der Waals surface area contributed by atoms with E-state index in [0.29, 0.717) is 26.1 Å². The molecular weight excluding hydrogens is 338 g/mol. The molecule has 25 heavy (non-hydrogen) atoms. The zero-order valence-corrected chi connectivity index (χ0v) is 15.0. The predicted octanol–water partition coefficient (Wildman–Crippen LogP) is 2.59. The third-order valence-electron chi connectivity index (χ3n) is 4.31. The molecule has 1 fully saturated rings. The fraction of sp³-hybridized carbons (Fsp3) is 0.389. The van der Waals surface area contributed by atoms with E-state index in [1.165, 1.54) is 0 Å². The summed E-state index contributed by atoms with van der Waals surface area (Å²) in [5.74, 6) is 0.895. The van der Waals surface area contributed by atoms with Crippen LogP contribution in [0.25, 0.3) is 0 Å². The molecular formula is C18H22ClN5O. The Kier molecular flexibility index (Phi) is 5.71. The molecule has 1 aromatic carbocycles. The number of carbonyl (C=O) groups is 1. The van der Waals surface area contributed by atoms with Gasteiger partial charge in [0.15, 0.2) is 0 Å². The van der Waals surface area contributed by atoms with Crippen molar-refractivity contribution in [2.24, 2.45) is 0 Å². The summed E-state index contributed by atoms with van der Waals surface area (Å²) >= 11 is 6.11. The van der Waals surface area contributed by atoms with Gasteiger partial charge in [-0.3, -0.25) is 4.79 Å². The third kappa shape index (κ3) is 4.60. The molecule has 0 atom stereocenters. The standard InChI is InChI=1S/C18H22ClN5O/c1-14-3-4-15(13-16(14)19)20-8-5-17(25)23-9-11-24(12-10-23)18-21-6-2-7-22-18/h2-4,6-7,13,20H,5,8-12H2,1H3. The smallest absolute Gasteiger partial charge is 0.225 e. The molecule has 0 saturated carbocycles. The number of benzene rings is 1. The van der Waals surface area contributed by atoms with Gasteiger partial charge in [-0.15, -0.1) is 0 Å². The van der Waals surface area contributed by atoms with Crippen LogP contribution in [-0.4, -0.2) is 53.5 Å². The molecule has 3 rings (SSSR count). The maximum absolute atomic E-state index is 12.4. The zero-order valence-electron chi connectivity index (χ0n) is 14.3. The number of nitrogens with zero attached hydrogens (tertiary/aromatic N) is 4. The molecule has 1 N–H and O–H groups in total. The van der Waals surface area contributed by atoms with E-state index in [-0.39, 0.29) is 5.91 Å². The van der Waals surface area contributed by atoms with Gasteiger partial charge in [-0.25, -0.2) is 9.97 Å². The third-order valence-corrected chi connectivity index (χ3v) is 4.71. The molecule has 132 valence electrons. The van der Waals surface area contributed by atoms with Gasteiger partial charge in [0.05, 0.1) is 0 Å². The first-order chi connectivity index (χ1) is 12.1. The molecule has 1 aliphatic rings. The molecule has 2 heterocycles. The number of halogens is 1. The number of hydrogen-bond acceptors (Lipinski definition) is 5. The van der Waals surface area contributed by atoms with Crippen molar-refractivity contribution in [3.63, 3.8) is 0 Å². The van der Waals surface area contributed by atoms with Crippen molar-refractivity contribution in [3.8, 4) is 0 Å². The van der Waals surface area contributed by atoms with Crippen LogP contribution < -0.4 is 10.2 Å². The summed E-state index contributed by atoms with van der Waals surface area (Å²) in [4.78, 5) is 24.9. The molecule has 0 spiro atoms. The van der Waals surface area contributed by atoms with Crippen molar-refractivity contribution in [3.05, 3.63) is 47.2 Å². The van der Waals surface area contributed by atoms with Gasteiger partial charge in [0.1, 0.15) is 0 Å². The molecule has 1 aliphatic heterocycles. The number of aryl methyl sites for hydroxylation is 1. The van der Waals surface area contributed by atoms with Crippen molar-refractivity contribution < 1.29 is 4.79 Å². The van der Waals surface area contributed by atoms with Gasteiger partial charge in [0.25, 0.3) is 0 Å². The largest absolute Gasteiger partial charge is 0.384 e. The van der Waals surface area contributed by atoms with Crippen LogP contribution >= 0.6 is 11.6 Å². The maximum atomic E-state index is 12.4. The van der Waals surface area contributed by atoms with Gasteiger partial charge >= 0.3 is 0 Å². The van der Waals surface area contributed by atoms with Gasteiger partial charge < -0.3 is 15.1 Å². The lowest BCUT2D eigenvalue weighted by Gasteiger charge is -2.34. The molecule has 1 amide bonds. The van der Waals surface area contributed by atoms with Crippen LogP contribution in [0.4, 0.5) is 11.6 Å². The van der Waals surface area contributed by atoms with E-state index in [4.69, 9.17) is 11.6 Å². The van der Waals surface area contributed by atoms with Gasteiger partial charge in [-0.1, -0.05) is 17.7 Å². The number of anilines is 2. The Morgan fingerprint density at radius 1 is 1.20 bits per heavy atom. The lowest BCUT2D eigenvalue weighted by atomic mass is 10.2. The van der Waals surface area contributed by atoms with Crippen molar-refractivity contribution >= 4 is 29.1 Å². The topological polar surface area (TPSA) is 61.4 Å². The average molecular weight is 360 g/mol. The highest BCUT2D eigenvalue weighted by Crippen LogP contribution is 2.20. The van der Waals surface area contributed by atoms with E-state index in [2.05, 4.69) is 20.2 Å². The monoisotopic (exact) mass is 359 g/mol. The van der Waals surface area contributed by atoms with E-state index < -0.39 is 0 Å². The van der Waals surface area contributed by atoms with E-state index in [9.17, 15) is 4.79 Å². The van der Waals surface area contributed by atoms with Crippen molar-refractivity contribution in [2.45, 2.75) is 13.3 Å². The fourth-order valence-corrected chi connectivity index (χ4v) is 2.97. The molecule has 0 aliphatic carbocycles. The van der Waals surface area contributed by atoms with Crippen molar-refractivity contribution in [1.82, 2.24) is 14.9 Å². The molecule has 0 unspecified atom stereocenters.